The molecule has 0 unspecified atom stereocenters. The maximum absolute atomic E-state index is 5.27. The zero-order chi connectivity index (χ0) is 15.6. The van der Waals surface area contributed by atoms with Crippen molar-refractivity contribution in [1.82, 2.24) is 10.6 Å². The fraction of sp³-hybridized carbons (Fsp3) is 0.471. The van der Waals surface area contributed by atoms with Gasteiger partial charge in [0.25, 0.3) is 0 Å². The average molecular weight is 316 g/mol. The molecule has 0 amide bonds. The van der Waals surface area contributed by atoms with E-state index >= 15 is 0 Å². The van der Waals surface area contributed by atoms with Crippen molar-refractivity contribution in [2.75, 3.05) is 42.6 Å². The molecule has 0 aromatic heterocycles. The van der Waals surface area contributed by atoms with Crippen LogP contribution in [0.5, 0.6) is 0 Å². The highest BCUT2D eigenvalue weighted by molar-refractivity contribution is 7.99. The molecule has 0 saturated carbocycles. The summed E-state index contributed by atoms with van der Waals surface area (Å²) >= 11 is 2.03. The third-order valence-corrected chi connectivity index (χ3v) is 4.38. The minimum absolute atomic E-state index is 0.484. The number of benzene rings is 1. The number of aliphatic imine (C=N–C) groups is 1. The zero-order valence-electron chi connectivity index (χ0n) is 13.1. The Hall–Kier alpha value is -1.80. The van der Waals surface area contributed by atoms with E-state index in [2.05, 4.69) is 50.7 Å². The van der Waals surface area contributed by atoms with E-state index in [9.17, 15) is 0 Å². The minimum atomic E-state index is 0.484. The van der Waals surface area contributed by atoms with Crippen LogP contribution >= 0.6 is 11.8 Å². The van der Waals surface area contributed by atoms with Crippen LogP contribution in [0.3, 0.4) is 0 Å². The minimum Gasteiger partial charge on any atom is -0.370 e. The average Bonchev–Trinajstić information content (AvgIpc) is 2.58. The number of thioether (sulfide) groups is 1. The van der Waals surface area contributed by atoms with Gasteiger partial charge in [-0.05, 0) is 24.6 Å². The first-order chi connectivity index (χ1) is 10.8. The van der Waals surface area contributed by atoms with E-state index in [0.717, 1.165) is 25.6 Å². The van der Waals surface area contributed by atoms with Gasteiger partial charge in [-0.25, -0.2) is 4.99 Å². The van der Waals surface area contributed by atoms with E-state index in [1.165, 1.54) is 22.8 Å². The van der Waals surface area contributed by atoms with E-state index in [4.69, 9.17) is 6.42 Å². The maximum atomic E-state index is 5.27. The summed E-state index contributed by atoms with van der Waals surface area (Å²) in [5, 5.41) is 6.28. The van der Waals surface area contributed by atoms with Crippen molar-refractivity contribution in [3.05, 3.63) is 29.8 Å². The number of nitrogens with zero attached hydrogens (tertiary/aromatic N) is 2. The summed E-state index contributed by atoms with van der Waals surface area (Å²) in [6.45, 7) is 6.28. The first kappa shape index (κ1) is 16.6. The van der Waals surface area contributed by atoms with E-state index in [-0.39, 0.29) is 0 Å². The Morgan fingerprint density at radius 3 is 2.64 bits per heavy atom. The molecule has 0 bridgehead atoms. The molecule has 1 fully saturated rings. The van der Waals surface area contributed by atoms with Gasteiger partial charge in [0.15, 0.2) is 5.96 Å². The second kappa shape index (κ2) is 9.26. The standard InChI is InChI=1S/C17H24N4S/c1-3-9-19-17(18-4-2)20-14-15-5-7-16(8-6-15)21-10-12-22-13-11-21/h1,5-8H,4,9-14H2,2H3,(H2,18,19,20). The van der Waals surface area contributed by atoms with Crippen molar-refractivity contribution in [3.8, 4) is 12.3 Å². The fourth-order valence-corrected chi connectivity index (χ4v) is 3.18. The molecule has 4 nitrogen and oxygen atoms in total. The first-order valence-corrected chi connectivity index (χ1v) is 8.86. The van der Waals surface area contributed by atoms with Crippen LogP contribution in [0, 0.1) is 12.3 Å². The molecule has 0 spiro atoms. The molecule has 1 aliphatic rings. The highest BCUT2D eigenvalue weighted by Crippen LogP contribution is 2.20. The summed E-state index contributed by atoms with van der Waals surface area (Å²) in [6.07, 6.45) is 5.27. The molecule has 1 saturated heterocycles. The lowest BCUT2D eigenvalue weighted by Gasteiger charge is -2.28. The second-order valence-corrected chi connectivity index (χ2v) is 6.24. The quantitative estimate of drug-likeness (QED) is 0.495. The molecule has 1 heterocycles. The summed E-state index contributed by atoms with van der Waals surface area (Å²) in [7, 11) is 0. The van der Waals surface area contributed by atoms with E-state index in [1.807, 2.05) is 18.7 Å². The van der Waals surface area contributed by atoms with Crippen molar-refractivity contribution in [3.63, 3.8) is 0 Å². The molecular formula is C17H24N4S. The molecule has 2 N–H and O–H groups in total. The number of hydrogen-bond acceptors (Lipinski definition) is 3. The largest absolute Gasteiger partial charge is 0.370 e. The van der Waals surface area contributed by atoms with Gasteiger partial charge in [0, 0.05) is 36.8 Å². The van der Waals surface area contributed by atoms with E-state index < -0.39 is 0 Å². The molecule has 0 atom stereocenters. The molecule has 5 heteroatoms. The Bertz CT molecular complexity index is 512. The van der Waals surface area contributed by atoms with Crippen LogP contribution in [0.1, 0.15) is 12.5 Å². The zero-order valence-corrected chi connectivity index (χ0v) is 14.0. The van der Waals surface area contributed by atoms with Crippen molar-refractivity contribution in [2.24, 2.45) is 4.99 Å². The number of hydrogen-bond donors (Lipinski definition) is 2. The number of rotatable bonds is 5. The summed E-state index contributed by atoms with van der Waals surface area (Å²) in [4.78, 5) is 6.99. The number of anilines is 1. The van der Waals surface area contributed by atoms with Crippen molar-refractivity contribution < 1.29 is 0 Å². The summed E-state index contributed by atoms with van der Waals surface area (Å²) in [6, 6.07) is 8.71. The van der Waals surface area contributed by atoms with Crippen molar-refractivity contribution in [2.45, 2.75) is 13.5 Å². The van der Waals surface area contributed by atoms with E-state index in [1.54, 1.807) is 0 Å². The molecular weight excluding hydrogens is 292 g/mol. The normalized spacial score (nSPS) is 15.3. The topological polar surface area (TPSA) is 39.7 Å². The van der Waals surface area contributed by atoms with Crippen LogP contribution in [0.25, 0.3) is 0 Å². The Morgan fingerprint density at radius 1 is 1.27 bits per heavy atom. The van der Waals surface area contributed by atoms with Gasteiger partial charge < -0.3 is 15.5 Å². The molecule has 1 aromatic carbocycles. The van der Waals surface area contributed by atoms with Gasteiger partial charge in [-0.3, -0.25) is 0 Å². The number of nitrogens with one attached hydrogen (secondary N) is 2. The SMILES string of the molecule is C#CCNC(=NCc1ccc(N2CCSCC2)cc1)NCC. The van der Waals surface area contributed by atoms with Crippen LogP contribution in [0.15, 0.2) is 29.3 Å². The molecule has 0 radical (unpaired) electrons. The van der Waals surface area contributed by atoms with Crippen LogP contribution in [0.4, 0.5) is 5.69 Å². The summed E-state index contributed by atoms with van der Waals surface area (Å²) in [5.41, 5.74) is 2.51. The Kier molecular flexibility index (Phi) is 6.98. The van der Waals surface area contributed by atoms with Gasteiger partial charge in [0.05, 0.1) is 13.1 Å². The monoisotopic (exact) mass is 316 g/mol. The van der Waals surface area contributed by atoms with Crippen LogP contribution in [-0.2, 0) is 6.54 Å². The lowest BCUT2D eigenvalue weighted by molar-refractivity contribution is 0.855. The Balaban J connectivity index is 1.93. The molecule has 118 valence electrons. The summed E-state index contributed by atoms with van der Waals surface area (Å²) in [5.74, 6) is 5.76. The van der Waals surface area contributed by atoms with Gasteiger partial charge in [-0.1, -0.05) is 18.1 Å². The molecule has 0 aliphatic carbocycles. The smallest absolute Gasteiger partial charge is 0.192 e. The van der Waals surface area contributed by atoms with E-state index in [0.29, 0.717) is 13.1 Å². The third kappa shape index (κ3) is 5.19. The first-order valence-electron chi connectivity index (χ1n) is 7.70. The van der Waals surface area contributed by atoms with Gasteiger partial charge in [0.2, 0.25) is 0 Å². The van der Waals surface area contributed by atoms with Crippen LogP contribution < -0.4 is 15.5 Å². The molecule has 1 aromatic rings. The molecule has 22 heavy (non-hydrogen) atoms. The fourth-order valence-electron chi connectivity index (χ4n) is 2.28. The third-order valence-electron chi connectivity index (χ3n) is 3.43. The molecule has 1 aliphatic heterocycles. The predicted octanol–water partition coefficient (Wildman–Crippen LogP) is 1.93. The second-order valence-electron chi connectivity index (χ2n) is 5.02. The highest BCUT2D eigenvalue weighted by Gasteiger charge is 2.10. The number of terminal acetylenes is 1. The highest BCUT2D eigenvalue weighted by atomic mass is 32.2. The molecule has 2 rings (SSSR count). The van der Waals surface area contributed by atoms with Crippen LogP contribution in [-0.4, -0.2) is 43.6 Å². The predicted molar refractivity (Wildman–Crippen MR) is 97.6 cm³/mol. The Labute approximate surface area is 137 Å². The van der Waals surface area contributed by atoms with Gasteiger partial charge in [0.1, 0.15) is 0 Å². The summed E-state index contributed by atoms with van der Waals surface area (Å²) < 4.78 is 0. The van der Waals surface area contributed by atoms with Crippen molar-refractivity contribution in [1.29, 1.82) is 0 Å². The van der Waals surface area contributed by atoms with Crippen molar-refractivity contribution >= 4 is 23.4 Å². The number of guanidine groups is 1. The van der Waals surface area contributed by atoms with Gasteiger partial charge >= 0.3 is 0 Å². The Morgan fingerprint density at radius 2 is 2.00 bits per heavy atom. The lowest BCUT2D eigenvalue weighted by Crippen LogP contribution is -2.37. The van der Waals surface area contributed by atoms with Gasteiger partial charge in [-0.2, -0.15) is 11.8 Å². The van der Waals surface area contributed by atoms with Crippen LogP contribution in [0.2, 0.25) is 0 Å². The maximum Gasteiger partial charge on any atom is 0.192 e. The van der Waals surface area contributed by atoms with Gasteiger partial charge in [-0.15, -0.1) is 6.42 Å². The lowest BCUT2D eigenvalue weighted by atomic mass is 10.2.